The van der Waals surface area contributed by atoms with Crippen molar-refractivity contribution >= 4 is 44.9 Å². The fourth-order valence-electron chi connectivity index (χ4n) is 3.10. The molecule has 0 fully saturated rings. The SMILES string of the molecule is O=C(CSCc1nc2sc3c(c2c(=O)[nH]1)CCC3)Nc1ccccc1F. The summed E-state index contributed by atoms with van der Waals surface area (Å²) in [6.45, 7) is 0. The molecule has 2 heterocycles. The summed E-state index contributed by atoms with van der Waals surface area (Å²) in [7, 11) is 0. The maximum atomic E-state index is 13.5. The molecule has 134 valence electrons. The zero-order chi connectivity index (χ0) is 18.1. The van der Waals surface area contributed by atoms with Crippen LogP contribution in [-0.2, 0) is 23.4 Å². The number of amides is 1. The average Bonchev–Trinajstić information content (AvgIpc) is 3.17. The van der Waals surface area contributed by atoms with Crippen LogP contribution in [0.3, 0.4) is 0 Å². The van der Waals surface area contributed by atoms with Crippen molar-refractivity contribution < 1.29 is 9.18 Å². The highest BCUT2D eigenvalue weighted by Gasteiger charge is 2.21. The second-order valence-electron chi connectivity index (χ2n) is 6.07. The van der Waals surface area contributed by atoms with Crippen LogP contribution >= 0.6 is 23.1 Å². The maximum absolute atomic E-state index is 13.5. The van der Waals surface area contributed by atoms with Gasteiger partial charge >= 0.3 is 0 Å². The first kappa shape index (κ1) is 17.2. The van der Waals surface area contributed by atoms with Crippen LogP contribution in [0, 0.1) is 5.82 Å². The third-order valence-corrected chi connectivity index (χ3v) is 6.37. The number of carbonyl (C=O) groups is 1. The summed E-state index contributed by atoms with van der Waals surface area (Å²) in [5.41, 5.74) is 1.22. The molecule has 0 radical (unpaired) electrons. The van der Waals surface area contributed by atoms with Gasteiger partial charge in [0.15, 0.2) is 0 Å². The van der Waals surface area contributed by atoms with Gasteiger partial charge in [-0.3, -0.25) is 9.59 Å². The molecule has 0 atom stereocenters. The monoisotopic (exact) mass is 389 g/mol. The van der Waals surface area contributed by atoms with Gasteiger partial charge in [0.25, 0.3) is 5.56 Å². The second kappa shape index (κ2) is 7.20. The highest BCUT2D eigenvalue weighted by Crippen LogP contribution is 2.34. The topological polar surface area (TPSA) is 74.8 Å². The third kappa shape index (κ3) is 3.39. The minimum Gasteiger partial charge on any atom is -0.323 e. The molecule has 1 aliphatic rings. The Hall–Kier alpha value is -2.19. The average molecular weight is 389 g/mol. The Bertz CT molecular complexity index is 1040. The third-order valence-electron chi connectivity index (χ3n) is 4.24. The molecule has 0 bridgehead atoms. The van der Waals surface area contributed by atoms with Crippen molar-refractivity contribution in [2.24, 2.45) is 0 Å². The number of hydrogen-bond donors (Lipinski definition) is 2. The predicted molar refractivity (Wildman–Crippen MR) is 103 cm³/mol. The minimum atomic E-state index is -0.465. The van der Waals surface area contributed by atoms with Crippen LogP contribution in [-0.4, -0.2) is 21.6 Å². The number of anilines is 1. The number of aromatic nitrogens is 2. The van der Waals surface area contributed by atoms with Gasteiger partial charge in [0, 0.05) is 4.88 Å². The molecule has 1 aromatic carbocycles. The number of aromatic amines is 1. The number of fused-ring (bicyclic) bond motifs is 3. The fraction of sp³-hybridized carbons (Fsp3) is 0.278. The molecule has 8 heteroatoms. The van der Waals surface area contributed by atoms with E-state index in [1.54, 1.807) is 23.5 Å². The minimum absolute atomic E-state index is 0.0965. The van der Waals surface area contributed by atoms with E-state index in [9.17, 15) is 14.0 Å². The molecule has 0 unspecified atom stereocenters. The molecule has 0 saturated carbocycles. The maximum Gasteiger partial charge on any atom is 0.259 e. The standard InChI is InChI=1S/C18H16FN3O2S2/c19-11-5-1-2-6-12(11)20-15(23)9-25-8-14-21-17(24)16-10-4-3-7-13(10)26-18(16)22-14/h1-2,5-6H,3-4,7-9H2,(H,20,23)(H,21,22,24). The van der Waals surface area contributed by atoms with Gasteiger partial charge in [0.05, 0.1) is 22.6 Å². The molecular formula is C18H16FN3O2S2. The molecule has 2 N–H and O–H groups in total. The van der Waals surface area contributed by atoms with Crippen LogP contribution in [0.2, 0.25) is 0 Å². The number of thiophene rings is 1. The summed E-state index contributed by atoms with van der Waals surface area (Å²) in [5, 5.41) is 3.27. The van der Waals surface area contributed by atoms with Gasteiger partial charge in [-0.25, -0.2) is 9.37 Å². The van der Waals surface area contributed by atoms with Crippen LogP contribution in [0.25, 0.3) is 10.2 Å². The largest absolute Gasteiger partial charge is 0.323 e. The van der Waals surface area contributed by atoms with Crippen LogP contribution in [0.1, 0.15) is 22.7 Å². The molecule has 26 heavy (non-hydrogen) atoms. The number of rotatable bonds is 5. The van der Waals surface area contributed by atoms with Crippen LogP contribution < -0.4 is 10.9 Å². The lowest BCUT2D eigenvalue weighted by atomic mass is 10.2. The summed E-state index contributed by atoms with van der Waals surface area (Å²) >= 11 is 2.92. The van der Waals surface area contributed by atoms with Crippen molar-refractivity contribution in [1.82, 2.24) is 9.97 Å². The van der Waals surface area contributed by atoms with Gasteiger partial charge < -0.3 is 10.3 Å². The number of halogens is 1. The van der Waals surface area contributed by atoms with Crippen LogP contribution in [0.5, 0.6) is 0 Å². The summed E-state index contributed by atoms with van der Waals surface area (Å²) in [5.74, 6) is 0.368. The zero-order valence-corrected chi connectivity index (χ0v) is 15.4. The van der Waals surface area contributed by atoms with Crippen molar-refractivity contribution in [2.75, 3.05) is 11.1 Å². The van der Waals surface area contributed by atoms with Crippen molar-refractivity contribution in [3.05, 3.63) is 56.7 Å². The van der Waals surface area contributed by atoms with Gasteiger partial charge in [-0.05, 0) is 37.0 Å². The van der Waals surface area contributed by atoms with Crippen molar-refractivity contribution in [3.63, 3.8) is 0 Å². The van der Waals surface area contributed by atoms with E-state index >= 15 is 0 Å². The molecule has 5 nitrogen and oxygen atoms in total. The number of thioether (sulfide) groups is 1. The molecule has 0 aliphatic heterocycles. The summed E-state index contributed by atoms with van der Waals surface area (Å²) in [6.07, 6.45) is 3.08. The molecule has 0 saturated heterocycles. The number of nitrogens with one attached hydrogen (secondary N) is 2. The fourth-order valence-corrected chi connectivity index (χ4v) is 5.08. The van der Waals surface area contributed by atoms with E-state index in [4.69, 9.17) is 0 Å². The summed E-state index contributed by atoms with van der Waals surface area (Å²) in [4.78, 5) is 33.7. The van der Waals surface area contributed by atoms with Crippen molar-refractivity contribution in [2.45, 2.75) is 25.0 Å². The van der Waals surface area contributed by atoms with Gasteiger partial charge in [0.1, 0.15) is 16.5 Å². The Morgan fingerprint density at radius 2 is 2.19 bits per heavy atom. The molecule has 2 aromatic heterocycles. The molecule has 1 aliphatic carbocycles. The first-order valence-electron chi connectivity index (χ1n) is 8.27. The highest BCUT2D eigenvalue weighted by molar-refractivity contribution is 7.99. The number of H-pyrrole nitrogens is 1. The Morgan fingerprint density at radius 3 is 3.04 bits per heavy atom. The van der Waals surface area contributed by atoms with E-state index in [1.165, 1.54) is 28.8 Å². The van der Waals surface area contributed by atoms with E-state index in [2.05, 4.69) is 15.3 Å². The smallest absolute Gasteiger partial charge is 0.259 e. The number of para-hydroxylation sites is 1. The van der Waals surface area contributed by atoms with Gasteiger partial charge in [0.2, 0.25) is 5.91 Å². The first-order chi connectivity index (χ1) is 12.6. The normalized spacial score (nSPS) is 13.1. The lowest BCUT2D eigenvalue weighted by Crippen LogP contribution is -2.16. The summed E-state index contributed by atoms with van der Waals surface area (Å²) in [6, 6.07) is 6.04. The number of aryl methyl sites for hydroxylation is 2. The van der Waals surface area contributed by atoms with E-state index in [0.29, 0.717) is 11.6 Å². The Balaban J connectivity index is 1.40. The van der Waals surface area contributed by atoms with Crippen LogP contribution in [0.4, 0.5) is 10.1 Å². The molecular weight excluding hydrogens is 373 g/mol. The molecule has 3 aromatic rings. The zero-order valence-electron chi connectivity index (χ0n) is 13.8. The van der Waals surface area contributed by atoms with E-state index in [0.717, 1.165) is 35.0 Å². The number of hydrogen-bond acceptors (Lipinski definition) is 5. The molecule has 1 amide bonds. The number of benzene rings is 1. The van der Waals surface area contributed by atoms with Crippen molar-refractivity contribution in [1.29, 1.82) is 0 Å². The summed E-state index contributed by atoms with van der Waals surface area (Å²) < 4.78 is 13.5. The van der Waals surface area contributed by atoms with Gasteiger partial charge in [-0.15, -0.1) is 23.1 Å². The van der Waals surface area contributed by atoms with E-state index in [1.807, 2.05) is 0 Å². The van der Waals surface area contributed by atoms with E-state index in [-0.39, 0.29) is 22.9 Å². The predicted octanol–water partition coefficient (Wildman–Crippen LogP) is 3.48. The van der Waals surface area contributed by atoms with E-state index < -0.39 is 5.82 Å². The Labute approximate surface area is 157 Å². The van der Waals surface area contributed by atoms with Gasteiger partial charge in [-0.1, -0.05) is 12.1 Å². The molecule has 0 spiro atoms. The molecule has 4 rings (SSSR count). The lowest BCUT2D eigenvalue weighted by molar-refractivity contribution is -0.113. The van der Waals surface area contributed by atoms with Crippen LogP contribution in [0.15, 0.2) is 29.1 Å². The van der Waals surface area contributed by atoms with Crippen molar-refractivity contribution in [3.8, 4) is 0 Å². The quantitative estimate of drug-likeness (QED) is 0.701. The lowest BCUT2D eigenvalue weighted by Gasteiger charge is -2.06. The number of nitrogens with zero attached hydrogens (tertiary/aromatic N) is 1. The second-order valence-corrected chi connectivity index (χ2v) is 8.14. The first-order valence-corrected chi connectivity index (χ1v) is 10.2. The highest BCUT2D eigenvalue weighted by atomic mass is 32.2. The van der Waals surface area contributed by atoms with Gasteiger partial charge in [-0.2, -0.15) is 0 Å². The number of carbonyl (C=O) groups excluding carboxylic acids is 1. The Morgan fingerprint density at radius 1 is 1.35 bits per heavy atom. The Kier molecular flexibility index (Phi) is 4.78.